The Bertz CT molecular complexity index is 1220. The van der Waals surface area contributed by atoms with Gasteiger partial charge in [-0.2, -0.15) is 5.26 Å². The van der Waals surface area contributed by atoms with Crippen LogP contribution >= 0.6 is 0 Å². The van der Waals surface area contributed by atoms with Crippen molar-refractivity contribution < 1.29 is 22.7 Å². The molecule has 2 aromatic carbocycles. The number of nitrogens with zero attached hydrogens (tertiary/aromatic N) is 2. The lowest BCUT2D eigenvalue weighted by molar-refractivity contribution is -0.0966. The molecule has 1 heterocycles. The molecule has 2 atom stereocenters. The molecular weight excluding hydrogens is 434 g/mol. The maximum absolute atomic E-state index is 14.6. The van der Waals surface area contributed by atoms with Gasteiger partial charge in [0.1, 0.15) is 23.9 Å². The van der Waals surface area contributed by atoms with E-state index in [1.165, 1.54) is 0 Å². The molecule has 0 saturated heterocycles. The van der Waals surface area contributed by atoms with Crippen LogP contribution in [0.4, 0.5) is 29.1 Å². The number of aliphatic hydroxyl groups is 1. The Morgan fingerprint density at radius 1 is 1.27 bits per heavy atom. The number of aliphatic hydroxyl groups excluding tert-OH is 1. The first kappa shape index (κ1) is 22.7. The molecule has 3 aromatic rings. The van der Waals surface area contributed by atoms with Gasteiger partial charge in [0.25, 0.3) is 5.92 Å². The van der Waals surface area contributed by atoms with Crippen LogP contribution in [-0.2, 0) is 12.8 Å². The van der Waals surface area contributed by atoms with E-state index in [2.05, 4.69) is 10.3 Å². The molecule has 170 valence electrons. The Morgan fingerprint density at radius 2 is 2.06 bits per heavy atom. The highest BCUT2D eigenvalue weighted by Crippen LogP contribution is 2.48. The summed E-state index contributed by atoms with van der Waals surface area (Å²) in [5.41, 5.74) is 1.21. The van der Waals surface area contributed by atoms with Crippen molar-refractivity contribution in [2.24, 2.45) is 0 Å². The molecule has 4 rings (SSSR count). The molecule has 0 spiro atoms. The molecule has 4 nitrogen and oxygen atoms in total. The number of nitriles is 1. The number of pyridine rings is 1. The van der Waals surface area contributed by atoms with Gasteiger partial charge in [-0.1, -0.05) is 19.1 Å². The van der Waals surface area contributed by atoms with E-state index in [0.717, 1.165) is 12.1 Å². The number of hydrogen-bond acceptors (Lipinski definition) is 4. The number of benzene rings is 2. The number of hydrogen-bond donors (Lipinski definition) is 2. The maximum Gasteiger partial charge on any atom is 0.281 e. The summed E-state index contributed by atoms with van der Waals surface area (Å²) in [6.07, 6.45) is -2.68. The molecule has 8 heteroatoms. The minimum atomic E-state index is -3.39. The first-order valence-electron chi connectivity index (χ1n) is 10.5. The van der Waals surface area contributed by atoms with E-state index in [-0.39, 0.29) is 46.3 Å². The zero-order chi connectivity index (χ0) is 23.8. The van der Waals surface area contributed by atoms with Crippen LogP contribution in [0.5, 0.6) is 0 Å². The van der Waals surface area contributed by atoms with Crippen molar-refractivity contribution in [2.45, 2.75) is 44.4 Å². The van der Waals surface area contributed by atoms with Crippen molar-refractivity contribution in [3.63, 3.8) is 0 Å². The van der Waals surface area contributed by atoms with Gasteiger partial charge in [0.15, 0.2) is 0 Å². The molecular formula is C25H21F4N3O. The predicted molar refractivity (Wildman–Crippen MR) is 116 cm³/mol. The van der Waals surface area contributed by atoms with E-state index in [0.29, 0.717) is 11.4 Å². The Kier molecular flexibility index (Phi) is 6.09. The van der Waals surface area contributed by atoms with Gasteiger partial charge in [-0.05, 0) is 65.4 Å². The van der Waals surface area contributed by atoms with Crippen LogP contribution in [0.15, 0.2) is 48.7 Å². The van der Waals surface area contributed by atoms with Crippen molar-refractivity contribution >= 4 is 11.5 Å². The lowest BCUT2D eigenvalue weighted by atomic mass is 9.89. The Labute approximate surface area is 188 Å². The normalized spacial score (nSPS) is 17.3. The van der Waals surface area contributed by atoms with Gasteiger partial charge in [0.05, 0.1) is 11.6 Å². The number of fused-ring (bicyclic) bond motifs is 1. The highest BCUT2D eigenvalue weighted by atomic mass is 19.3. The number of halogens is 4. The monoisotopic (exact) mass is 455 g/mol. The van der Waals surface area contributed by atoms with E-state index in [1.807, 2.05) is 6.07 Å². The third kappa shape index (κ3) is 4.29. The van der Waals surface area contributed by atoms with Gasteiger partial charge in [-0.25, -0.2) is 22.5 Å². The average Bonchev–Trinajstić information content (AvgIpc) is 3.05. The smallest absolute Gasteiger partial charge is 0.281 e. The maximum atomic E-state index is 14.6. The minimum Gasteiger partial charge on any atom is -0.382 e. The van der Waals surface area contributed by atoms with Crippen molar-refractivity contribution in [3.8, 4) is 6.07 Å². The third-order valence-electron chi connectivity index (χ3n) is 5.90. The Balaban J connectivity index is 1.82. The van der Waals surface area contributed by atoms with Crippen molar-refractivity contribution in [1.82, 2.24) is 4.98 Å². The fraction of sp³-hybridized carbons (Fsp3) is 0.280. The van der Waals surface area contributed by atoms with Crippen molar-refractivity contribution in [3.05, 3.63) is 87.9 Å². The van der Waals surface area contributed by atoms with E-state index < -0.39 is 30.4 Å². The van der Waals surface area contributed by atoms with Gasteiger partial charge >= 0.3 is 0 Å². The van der Waals surface area contributed by atoms with Crippen LogP contribution in [0.1, 0.15) is 59.0 Å². The van der Waals surface area contributed by atoms with Crippen LogP contribution in [-0.4, -0.2) is 16.0 Å². The first-order valence-corrected chi connectivity index (χ1v) is 10.5. The molecule has 2 N–H and O–H groups in total. The number of aromatic nitrogens is 1. The fourth-order valence-corrected chi connectivity index (χ4v) is 4.27. The highest BCUT2D eigenvalue weighted by Gasteiger charge is 2.49. The van der Waals surface area contributed by atoms with Gasteiger partial charge in [-0.3, -0.25) is 0 Å². The summed E-state index contributed by atoms with van der Waals surface area (Å²) < 4.78 is 57.8. The van der Waals surface area contributed by atoms with Gasteiger partial charge in [-0.15, -0.1) is 0 Å². The average molecular weight is 455 g/mol. The second-order valence-electron chi connectivity index (χ2n) is 8.03. The van der Waals surface area contributed by atoms with Gasteiger partial charge in [0, 0.05) is 23.9 Å². The Morgan fingerprint density at radius 3 is 2.73 bits per heavy atom. The van der Waals surface area contributed by atoms with Crippen LogP contribution in [0.2, 0.25) is 0 Å². The summed E-state index contributed by atoms with van der Waals surface area (Å²) in [6.45, 7) is 1.60. The molecule has 2 unspecified atom stereocenters. The quantitative estimate of drug-likeness (QED) is 0.443. The molecule has 0 aliphatic heterocycles. The van der Waals surface area contributed by atoms with E-state index in [1.54, 1.807) is 43.5 Å². The Hall–Kier alpha value is -3.44. The molecule has 1 aliphatic carbocycles. The van der Waals surface area contributed by atoms with Crippen LogP contribution in [0, 0.1) is 17.1 Å². The standard InChI is InChI=1S/C25H21F4N3O/c1-2-20(27)18-11-16(26)9-15(13-30)17(18)10-14-6-7-21(32-22-5-3-4-8-31-22)23-19(14)12-25(28,29)24(23)33/h3-9,11,20,24,33H,2,10,12H2,1H3,(H,31,32). The number of anilines is 2. The van der Waals surface area contributed by atoms with Gasteiger partial charge in [0.2, 0.25) is 0 Å². The largest absolute Gasteiger partial charge is 0.382 e. The van der Waals surface area contributed by atoms with Crippen LogP contribution in [0.3, 0.4) is 0 Å². The number of alkyl halides is 3. The van der Waals surface area contributed by atoms with Crippen LogP contribution < -0.4 is 5.32 Å². The summed E-state index contributed by atoms with van der Waals surface area (Å²) in [4.78, 5) is 4.13. The van der Waals surface area contributed by atoms with Crippen LogP contribution in [0.25, 0.3) is 0 Å². The molecule has 0 fully saturated rings. The lowest BCUT2D eigenvalue weighted by Gasteiger charge is -2.19. The molecule has 0 saturated carbocycles. The second kappa shape index (κ2) is 8.83. The second-order valence-corrected chi connectivity index (χ2v) is 8.03. The molecule has 1 aromatic heterocycles. The summed E-state index contributed by atoms with van der Waals surface area (Å²) in [5, 5.41) is 22.9. The highest BCUT2D eigenvalue weighted by molar-refractivity contribution is 5.67. The molecule has 0 amide bonds. The molecule has 1 aliphatic rings. The van der Waals surface area contributed by atoms with Crippen molar-refractivity contribution in [2.75, 3.05) is 5.32 Å². The number of rotatable bonds is 6. The molecule has 0 bridgehead atoms. The SMILES string of the molecule is CCC(F)c1cc(F)cc(C#N)c1Cc1ccc(Nc2ccccn2)c2c1CC(F)(F)C2O. The minimum absolute atomic E-state index is 0.0313. The van der Waals surface area contributed by atoms with E-state index in [4.69, 9.17) is 0 Å². The first-order chi connectivity index (χ1) is 15.7. The summed E-state index contributed by atoms with van der Waals surface area (Å²) in [6, 6.07) is 12.2. The summed E-state index contributed by atoms with van der Waals surface area (Å²) >= 11 is 0. The topological polar surface area (TPSA) is 68.9 Å². The van der Waals surface area contributed by atoms with Gasteiger partial charge < -0.3 is 10.4 Å². The predicted octanol–water partition coefficient (Wildman–Crippen LogP) is 6.07. The number of nitrogens with one attached hydrogen (secondary N) is 1. The third-order valence-corrected chi connectivity index (χ3v) is 5.90. The zero-order valence-corrected chi connectivity index (χ0v) is 17.7. The van der Waals surface area contributed by atoms with E-state index >= 15 is 0 Å². The molecule has 33 heavy (non-hydrogen) atoms. The zero-order valence-electron chi connectivity index (χ0n) is 17.7. The fourth-order valence-electron chi connectivity index (χ4n) is 4.27. The lowest BCUT2D eigenvalue weighted by Crippen LogP contribution is -2.21. The molecule has 0 radical (unpaired) electrons. The van der Waals surface area contributed by atoms with E-state index in [9.17, 15) is 27.9 Å². The summed E-state index contributed by atoms with van der Waals surface area (Å²) in [7, 11) is 0. The summed E-state index contributed by atoms with van der Waals surface area (Å²) in [5.74, 6) is -3.71. The van der Waals surface area contributed by atoms with Crippen molar-refractivity contribution in [1.29, 1.82) is 5.26 Å².